The van der Waals surface area contributed by atoms with Crippen LogP contribution in [-0.2, 0) is 21.3 Å². The molecule has 0 saturated carbocycles. The molecule has 2 aromatic rings. The van der Waals surface area contributed by atoms with Crippen LogP contribution in [0.5, 0.6) is 5.75 Å². The van der Waals surface area contributed by atoms with Crippen molar-refractivity contribution in [1.29, 1.82) is 0 Å². The molecule has 0 aliphatic heterocycles. The van der Waals surface area contributed by atoms with Crippen molar-refractivity contribution >= 4 is 27.8 Å². The molecule has 0 heterocycles. The zero-order chi connectivity index (χ0) is 24.7. The summed E-state index contributed by atoms with van der Waals surface area (Å²) in [6, 6.07) is 13.6. The first-order valence-electron chi connectivity index (χ1n) is 12.0. The predicted molar refractivity (Wildman–Crippen MR) is 137 cm³/mol. The van der Waals surface area contributed by atoms with E-state index in [1.54, 1.807) is 18.2 Å². The summed E-state index contributed by atoms with van der Waals surface area (Å²) in [6.45, 7) is 7.19. The molecule has 0 fully saturated rings. The van der Waals surface area contributed by atoms with Gasteiger partial charge in [-0.15, -0.1) is 0 Å². The molecular formula is C27H35NO5S. The number of nitrogens with one attached hydrogen (secondary N) is 1. The second-order valence-corrected chi connectivity index (χ2v) is 10.9. The topological polar surface area (TPSA) is 92.7 Å². The lowest BCUT2D eigenvalue weighted by atomic mass is 9.85. The van der Waals surface area contributed by atoms with Crippen molar-refractivity contribution in [3.63, 3.8) is 0 Å². The molecule has 0 spiro atoms. The van der Waals surface area contributed by atoms with Gasteiger partial charge < -0.3 is 10.1 Å². The number of hydrogen-bond donors (Lipinski definition) is 2. The number of carbonyl (C=O) groups excluding carboxylic acids is 1. The van der Waals surface area contributed by atoms with Crippen molar-refractivity contribution in [3.05, 3.63) is 65.2 Å². The molecule has 6 nitrogen and oxygen atoms in total. The first-order chi connectivity index (χ1) is 16.2. The van der Waals surface area contributed by atoms with Crippen LogP contribution in [0.2, 0.25) is 0 Å². The van der Waals surface area contributed by atoms with Crippen LogP contribution in [0.1, 0.15) is 69.1 Å². The maximum absolute atomic E-state index is 12.3. The van der Waals surface area contributed by atoms with Gasteiger partial charge in [0.2, 0.25) is 5.91 Å². The van der Waals surface area contributed by atoms with Crippen LogP contribution >= 0.6 is 0 Å². The standard InChI is InChI=1S/C27H35NO5S/c1-4-6-26(19(2)3)20-9-13-24(14-10-20)33-16-5-7-27(29)28-23-12-8-22-18-25(34(30,31)32)15-11-21(22)17-23/h8-15,17,19,25-26H,4-7,16,18H2,1-3H3,(H,28,29)(H,30,31,32). The molecule has 0 saturated heterocycles. The first-order valence-corrected chi connectivity index (χ1v) is 13.5. The van der Waals surface area contributed by atoms with E-state index in [0.29, 0.717) is 37.0 Å². The van der Waals surface area contributed by atoms with E-state index in [1.165, 1.54) is 24.5 Å². The molecule has 3 rings (SSSR count). The average molecular weight is 486 g/mol. The number of rotatable bonds is 11. The fourth-order valence-electron chi connectivity index (χ4n) is 4.37. The minimum atomic E-state index is -4.11. The molecule has 1 amide bonds. The second-order valence-electron chi connectivity index (χ2n) is 9.24. The Kier molecular flexibility index (Phi) is 8.91. The molecule has 7 heteroatoms. The van der Waals surface area contributed by atoms with Crippen LogP contribution in [0.4, 0.5) is 5.69 Å². The molecule has 1 aliphatic rings. The van der Waals surface area contributed by atoms with Crippen molar-refractivity contribution in [1.82, 2.24) is 0 Å². The fourth-order valence-corrected chi connectivity index (χ4v) is 5.03. The molecule has 2 atom stereocenters. The highest BCUT2D eigenvalue weighted by Crippen LogP contribution is 2.30. The molecule has 184 valence electrons. The van der Waals surface area contributed by atoms with E-state index in [4.69, 9.17) is 4.74 Å². The van der Waals surface area contributed by atoms with Crippen LogP contribution < -0.4 is 10.1 Å². The minimum Gasteiger partial charge on any atom is -0.494 e. The summed E-state index contributed by atoms with van der Waals surface area (Å²) in [5.74, 6) is 1.87. The SMILES string of the molecule is CCCC(c1ccc(OCCCC(=O)Nc2ccc3c(c2)C=CC(S(=O)(=O)O)C3)cc1)C(C)C. The lowest BCUT2D eigenvalue weighted by molar-refractivity contribution is -0.116. The number of anilines is 1. The monoisotopic (exact) mass is 485 g/mol. The average Bonchev–Trinajstić information content (AvgIpc) is 2.79. The number of hydrogen-bond acceptors (Lipinski definition) is 4. The van der Waals surface area contributed by atoms with Gasteiger partial charge >= 0.3 is 0 Å². The normalized spacial score (nSPS) is 16.2. The molecule has 0 aromatic heterocycles. The van der Waals surface area contributed by atoms with Crippen LogP contribution in [0.25, 0.3) is 6.08 Å². The van der Waals surface area contributed by atoms with E-state index in [-0.39, 0.29) is 12.3 Å². The van der Waals surface area contributed by atoms with Gasteiger partial charge in [-0.2, -0.15) is 8.42 Å². The number of fused-ring (bicyclic) bond motifs is 1. The summed E-state index contributed by atoms with van der Waals surface area (Å²) >= 11 is 0. The van der Waals surface area contributed by atoms with Gasteiger partial charge in [0.05, 0.1) is 6.61 Å². The molecule has 34 heavy (non-hydrogen) atoms. The maximum Gasteiger partial charge on any atom is 0.271 e. The number of benzene rings is 2. The molecule has 2 aromatic carbocycles. The lowest BCUT2D eigenvalue weighted by Gasteiger charge is -2.21. The summed E-state index contributed by atoms with van der Waals surface area (Å²) < 4.78 is 37.8. The van der Waals surface area contributed by atoms with Crippen molar-refractivity contribution in [3.8, 4) is 5.75 Å². The summed E-state index contributed by atoms with van der Waals surface area (Å²) in [6.07, 6.45) is 6.63. The lowest BCUT2D eigenvalue weighted by Crippen LogP contribution is -2.23. The first kappa shape index (κ1) is 26.0. The third-order valence-corrected chi connectivity index (χ3v) is 7.34. The Morgan fingerprint density at radius 2 is 1.91 bits per heavy atom. The van der Waals surface area contributed by atoms with Crippen LogP contribution in [0.15, 0.2) is 48.5 Å². The van der Waals surface area contributed by atoms with Crippen molar-refractivity contribution in [2.75, 3.05) is 11.9 Å². The van der Waals surface area contributed by atoms with Gasteiger partial charge in [-0.25, -0.2) is 0 Å². The summed E-state index contributed by atoms with van der Waals surface area (Å²) in [4.78, 5) is 12.3. The zero-order valence-corrected chi connectivity index (χ0v) is 21.0. The van der Waals surface area contributed by atoms with E-state index >= 15 is 0 Å². The van der Waals surface area contributed by atoms with Gasteiger partial charge in [-0.05, 0) is 72.1 Å². The van der Waals surface area contributed by atoms with E-state index < -0.39 is 15.4 Å². The number of carbonyl (C=O) groups is 1. The van der Waals surface area contributed by atoms with Crippen LogP contribution in [0, 0.1) is 5.92 Å². The fraction of sp³-hybridized carbons (Fsp3) is 0.444. The Morgan fingerprint density at radius 1 is 1.18 bits per heavy atom. The molecule has 0 bridgehead atoms. The highest BCUT2D eigenvalue weighted by atomic mass is 32.2. The molecule has 2 unspecified atom stereocenters. The molecule has 0 radical (unpaired) electrons. The van der Waals surface area contributed by atoms with E-state index in [9.17, 15) is 17.8 Å². The Balaban J connectivity index is 1.44. The number of ether oxygens (including phenoxy) is 1. The van der Waals surface area contributed by atoms with Crippen LogP contribution in [-0.4, -0.2) is 30.7 Å². The Morgan fingerprint density at radius 3 is 2.56 bits per heavy atom. The van der Waals surface area contributed by atoms with Gasteiger partial charge in [-0.3, -0.25) is 9.35 Å². The zero-order valence-electron chi connectivity index (χ0n) is 20.2. The van der Waals surface area contributed by atoms with Gasteiger partial charge in [-0.1, -0.05) is 57.5 Å². The highest BCUT2D eigenvalue weighted by molar-refractivity contribution is 7.86. The molecule has 1 aliphatic carbocycles. The van der Waals surface area contributed by atoms with Crippen molar-refractivity contribution in [2.45, 2.75) is 64.0 Å². The third kappa shape index (κ3) is 7.18. The predicted octanol–water partition coefficient (Wildman–Crippen LogP) is 5.85. The highest BCUT2D eigenvalue weighted by Gasteiger charge is 2.24. The number of amides is 1. The van der Waals surface area contributed by atoms with Gasteiger partial charge in [0.15, 0.2) is 0 Å². The Bertz CT molecular complexity index is 1110. The minimum absolute atomic E-state index is 0.103. The third-order valence-electron chi connectivity index (χ3n) is 6.25. The largest absolute Gasteiger partial charge is 0.494 e. The van der Waals surface area contributed by atoms with Gasteiger partial charge in [0.1, 0.15) is 11.0 Å². The quantitative estimate of drug-likeness (QED) is 0.308. The van der Waals surface area contributed by atoms with Crippen molar-refractivity contribution < 1.29 is 22.5 Å². The van der Waals surface area contributed by atoms with E-state index in [1.807, 2.05) is 18.2 Å². The van der Waals surface area contributed by atoms with E-state index in [2.05, 4.69) is 38.2 Å². The van der Waals surface area contributed by atoms with Crippen molar-refractivity contribution in [2.24, 2.45) is 5.92 Å². The summed E-state index contributed by atoms with van der Waals surface area (Å²) in [5.41, 5.74) is 3.65. The Labute approximate surface area is 203 Å². The summed E-state index contributed by atoms with van der Waals surface area (Å²) in [5, 5.41) is 1.95. The summed E-state index contributed by atoms with van der Waals surface area (Å²) in [7, 11) is -4.11. The van der Waals surface area contributed by atoms with E-state index in [0.717, 1.165) is 16.9 Å². The smallest absolute Gasteiger partial charge is 0.271 e. The van der Waals surface area contributed by atoms with Gasteiger partial charge in [0, 0.05) is 12.1 Å². The van der Waals surface area contributed by atoms with Gasteiger partial charge in [0.25, 0.3) is 10.1 Å². The maximum atomic E-state index is 12.3. The molecular weight excluding hydrogens is 450 g/mol. The van der Waals surface area contributed by atoms with Crippen LogP contribution in [0.3, 0.4) is 0 Å². The Hall–Kier alpha value is -2.64. The second kappa shape index (κ2) is 11.7. The molecule has 2 N–H and O–H groups in total.